The van der Waals surface area contributed by atoms with E-state index in [0.717, 1.165) is 31.5 Å². The minimum absolute atomic E-state index is 0.302. The van der Waals surface area contributed by atoms with E-state index in [0.29, 0.717) is 5.02 Å². The fourth-order valence-electron chi connectivity index (χ4n) is 2.23. The molecule has 1 aliphatic rings. The summed E-state index contributed by atoms with van der Waals surface area (Å²) in [4.78, 5) is 13.7. The molecule has 0 saturated carbocycles. The number of nitrogens with zero attached hydrogens (tertiary/aromatic N) is 1. The zero-order valence-electron chi connectivity index (χ0n) is 9.03. The van der Waals surface area contributed by atoms with Gasteiger partial charge in [0.05, 0.1) is 0 Å². The first-order valence-electron chi connectivity index (χ1n) is 5.47. The van der Waals surface area contributed by atoms with Crippen LogP contribution in [0.25, 0.3) is 0 Å². The van der Waals surface area contributed by atoms with Crippen LogP contribution in [-0.4, -0.2) is 23.9 Å². The molecule has 2 rings (SSSR count). The zero-order chi connectivity index (χ0) is 11.5. The van der Waals surface area contributed by atoms with E-state index >= 15 is 0 Å². The van der Waals surface area contributed by atoms with Gasteiger partial charge in [-0.2, -0.15) is 0 Å². The normalized spacial score (nSPS) is 18.6. The second-order valence-corrected chi connectivity index (χ2v) is 4.54. The summed E-state index contributed by atoms with van der Waals surface area (Å²) in [6.07, 6.45) is 2.26. The van der Waals surface area contributed by atoms with Crippen molar-refractivity contribution in [1.29, 1.82) is 0 Å². The fourth-order valence-corrected chi connectivity index (χ4v) is 2.43. The molecule has 0 radical (unpaired) electrons. The summed E-state index contributed by atoms with van der Waals surface area (Å²) >= 11 is 5.93. The van der Waals surface area contributed by atoms with E-state index in [4.69, 9.17) is 17.3 Å². The Morgan fingerprint density at radius 2 is 2.06 bits per heavy atom. The number of carbonyl (C=O) groups is 1. The number of rotatable bonds is 3. The summed E-state index contributed by atoms with van der Waals surface area (Å²) in [5, 5.41) is 0.642. The molecule has 1 unspecified atom stereocenters. The highest BCUT2D eigenvalue weighted by molar-refractivity contribution is 6.30. The molecular formula is C12H15ClN2O. The van der Waals surface area contributed by atoms with Gasteiger partial charge in [0, 0.05) is 5.02 Å². The number of carbonyl (C=O) groups excluding carboxylic acids is 1. The second-order valence-electron chi connectivity index (χ2n) is 4.10. The Labute approximate surface area is 100 Å². The van der Waals surface area contributed by atoms with Crippen molar-refractivity contribution in [2.24, 2.45) is 5.73 Å². The maximum atomic E-state index is 11.5. The first kappa shape index (κ1) is 11.4. The van der Waals surface area contributed by atoms with Gasteiger partial charge in [-0.15, -0.1) is 0 Å². The van der Waals surface area contributed by atoms with Gasteiger partial charge in [0.2, 0.25) is 5.91 Å². The van der Waals surface area contributed by atoms with Crippen molar-refractivity contribution in [3.63, 3.8) is 0 Å². The molecule has 86 valence electrons. The highest BCUT2D eigenvalue weighted by Crippen LogP contribution is 2.26. The predicted molar refractivity (Wildman–Crippen MR) is 64.2 cm³/mol. The van der Waals surface area contributed by atoms with Crippen LogP contribution in [-0.2, 0) is 4.79 Å². The van der Waals surface area contributed by atoms with E-state index < -0.39 is 0 Å². The van der Waals surface area contributed by atoms with Crippen LogP contribution >= 0.6 is 11.6 Å². The van der Waals surface area contributed by atoms with E-state index in [1.807, 2.05) is 18.2 Å². The molecule has 1 heterocycles. The molecule has 1 aromatic rings. The minimum atomic E-state index is -0.332. The van der Waals surface area contributed by atoms with Crippen LogP contribution in [0.2, 0.25) is 5.02 Å². The molecule has 1 saturated heterocycles. The number of amides is 1. The Bertz CT molecular complexity index is 388. The summed E-state index contributed by atoms with van der Waals surface area (Å²) in [5.41, 5.74) is 6.37. The van der Waals surface area contributed by atoms with Crippen LogP contribution < -0.4 is 5.73 Å². The Balaban J connectivity index is 2.28. The highest BCUT2D eigenvalue weighted by Gasteiger charge is 2.27. The van der Waals surface area contributed by atoms with Crippen molar-refractivity contribution in [2.45, 2.75) is 18.9 Å². The van der Waals surface area contributed by atoms with Gasteiger partial charge in [-0.25, -0.2) is 0 Å². The third-order valence-electron chi connectivity index (χ3n) is 2.94. The minimum Gasteiger partial charge on any atom is -0.368 e. The lowest BCUT2D eigenvalue weighted by molar-refractivity contribution is -0.123. The fraction of sp³-hybridized carbons (Fsp3) is 0.417. The summed E-state index contributed by atoms with van der Waals surface area (Å²) in [7, 11) is 0. The molecule has 2 N–H and O–H groups in total. The van der Waals surface area contributed by atoms with Gasteiger partial charge in [0.25, 0.3) is 0 Å². The molecule has 0 aliphatic carbocycles. The van der Waals surface area contributed by atoms with Gasteiger partial charge in [-0.3, -0.25) is 9.69 Å². The van der Waals surface area contributed by atoms with Gasteiger partial charge < -0.3 is 5.73 Å². The maximum Gasteiger partial charge on any atom is 0.239 e. The molecule has 4 heteroatoms. The Morgan fingerprint density at radius 1 is 1.38 bits per heavy atom. The average Bonchev–Trinajstić information content (AvgIpc) is 2.71. The third-order valence-corrected chi connectivity index (χ3v) is 3.17. The molecule has 0 spiro atoms. The van der Waals surface area contributed by atoms with Crippen LogP contribution in [0.4, 0.5) is 0 Å². The first-order valence-corrected chi connectivity index (χ1v) is 5.85. The third kappa shape index (κ3) is 2.36. The highest BCUT2D eigenvalue weighted by atomic mass is 35.5. The molecular weight excluding hydrogens is 224 g/mol. The van der Waals surface area contributed by atoms with Gasteiger partial charge >= 0.3 is 0 Å². The van der Waals surface area contributed by atoms with Crippen LogP contribution in [0, 0.1) is 0 Å². The van der Waals surface area contributed by atoms with Crippen molar-refractivity contribution in [3.8, 4) is 0 Å². The molecule has 1 aromatic carbocycles. The largest absolute Gasteiger partial charge is 0.368 e. The lowest BCUT2D eigenvalue weighted by Gasteiger charge is -2.24. The Kier molecular flexibility index (Phi) is 3.46. The van der Waals surface area contributed by atoms with E-state index in [-0.39, 0.29) is 11.9 Å². The Hall–Kier alpha value is -1.06. The molecule has 3 nitrogen and oxygen atoms in total. The van der Waals surface area contributed by atoms with E-state index in [1.165, 1.54) is 0 Å². The standard InChI is InChI=1S/C12H15ClN2O/c13-10-5-3-4-9(8-10)11(12(14)16)15-6-1-2-7-15/h3-5,8,11H,1-2,6-7H2,(H2,14,16). The molecule has 1 amide bonds. The summed E-state index contributed by atoms with van der Waals surface area (Å²) in [6.45, 7) is 1.86. The number of primary amides is 1. The summed E-state index contributed by atoms with van der Waals surface area (Å²) < 4.78 is 0. The lowest BCUT2D eigenvalue weighted by atomic mass is 10.1. The topological polar surface area (TPSA) is 46.3 Å². The van der Waals surface area contributed by atoms with Crippen molar-refractivity contribution in [1.82, 2.24) is 4.90 Å². The average molecular weight is 239 g/mol. The number of likely N-dealkylation sites (tertiary alicyclic amines) is 1. The smallest absolute Gasteiger partial charge is 0.239 e. The predicted octanol–water partition coefficient (Wildman–Crippen LogP) is 1.96. The number of nitrogens with two attached hydrogens (primary N) is 1. The lowest BCUT2D eigenvalue weighted by Crippen LogP contribution is -2.35. The van der Waals surface area contributed by atoms with Crippen LogP contribution in [0.3, 0.4) is 0 Å². The second kappa shape index (κ2) is 4.85. The molecule has 1 atom stereocenters. The van der Waals surface area contributed by atoms with Crippen molar-refractivity contribution in [2.75, 3.05) is 13.1 Å². The van der Waals surface area contributed by atoms with Gasteiger partial charge in [0.1, 0.15) is 6.04 Å². The molecule has 0 bridgehead atoms. The van der Waals surface area contributed by atoms with Crippen molar-refractivity contribution in [3.05, 3.63) is 34.9 Å². The van der Waals surface area contributed by atoms with Crippen molar-refractivity contribution < 1.29 is 4.79 Å². The number of hydrogen-bond acceptors (Lipinski definition) is 2. The zero-order valence-corrected chi connectivity index (χ0v) is 9.78. The van der Waals surface area contributed by atoms with Crippen LogP contribution in [0.1, 0.15) is 24.4 Å². The summed E-state index contributed by atoms with van der Waals surface area (Å²) in [6, 6.07) is 7.03. The molecule has 16 heavy (non-hydrogen) atoms. The number of benzene rings is 1. The first-order chi connectivity index (χ1) is 7.68. The van der Waals surface area contributed by atoms with Gasteiger partial charge in [0.15, 0.2) is 0 Å². The summed E-state index contributed by atoms with van der Waals surface area (Å²) in [5.74, 6) is -0.302. The van der Waals surface area contributed by atoms with E-state index in [9.17, 15) is 4.79 Å². The Morgan fingerprint density at radius 3 is 2.62 bits per heavy atom. The molecule has 1 fully saturated rings. The number of hydrogen-bond donors (Lipinski definition) is 1. The van der Waals surface area contributed by atoms with Crippen LogP contribution in [0.5, 0.6) is 0 Å². The van der Waals surface area contributed by atoms with Crippen molar-refractivity contribution >= 4 is 17.5 Å². The monoisotopic (exact) mass is 238 g/mol. The maximum absolute atomic E-state index is 11.5. The van der Waals surface area contributed by atoms with Crippen LogP contribution in [0.15, 0.2) is 24.3 Å². The number of halogens is 1. The quantitative estimate of drug-likeness (QED) is 0.875. The SMILES string of the molecule is NC(=O)C(c1cccc(Cl)c1)N1CCCC1. The van der Waals surface area contributed by atoms with E-state index in [2.05, 4.69) is 4.90 Å². The molecule has 0 aromatic heterocycles. The molecule has 1 aliphatic heterocycles. The van der Waals surface area contributed by atoms with Gasteiger partial charge in [-0.05, 0) is 43.6 Å². The van der Waals surface area contributed by atoms with E-state index in [1.54, 1.807) is 6.07 Å². The van der Waals surface area contributed by atoms with Gasteiger partial charge in [-0.1, -0.05) is 23.7 Å².